The Morgan fingerprint density at radius 3 is 2.43 bits per heavy atom. The molecule has 0 aliphatic carbocycles. The third-order valence-corrected chi connectivity index (χ3v) is 4.45. The molecule has 2 fully saturated rings. The number of piperazine rings is 1. The Bertz CT molecular complexity index is 390. The van der Waals surface area contributed by atoms with E-state index in [-0.39, 0.29) is 12.6 Å². The molecule has 1 unspecified atom stereocenters. The fourth-order valence-corrected chi connectivity index (χ4v) is 2.93. The molecule has 0 aromatic rings. The lowest BCUT2D eigenvalue weighted by Crippen LogP contribution is -2.55. The Hall–Kier alpha value is -1.34. The predicted octanol–water partition coefficient (Wildman–Crippen LogP) is -0.165. The molecule has 0 aromatic heterocycles. The molecule has 2 aliphatic heterocycles. The highest BCUT2D eigenvalue weighted by molar-refractivity contribution is 5.74. The number of hydrogen-bond donors (Lipinski definition) is 1. The molecule has 2 saturated heterocycles. The van der Waals surface area contributed by atoms with Crippen molar-refractivity contribution in [3.63, 3.8) is 0 Å². The van der Waals surface area contributed by atoms with Gasteiger partial charge in [-0.25, -0.2) is 4.79 Å². The Balaban J connectivity index is 1.87. The van der Waals surface area contributed by atoms with E-state index in [4.69, 9.17) is 5.11 Å². The Kier molecular flexibility index (Phi) is 5.41. The summed E-state index contributed by atoms with van der Waals surface area (Å²) in [4.78, 5) is 31.3. The minimum absolute atomic E-state index is 0.0631. The number of aliphatic carboxylic acids is 1. The summed E-state index contributed by atoms with van der Waals surface area (Å²) in [6.45, 7) is 7.37. The molecule has 0 bridgehead atoms. The van der Waals surface area contributed by atoms with Crippen LogP contribution in [0, 0.1) is 0 Å². The minimum atomic E-state index is -0.803. The lowest BCUT2D eigenvalue weighted by molar-refractivity contribution is -0.138. The summed E-state index contributed by atoms with van der Waals surface area (Å²) >= 11 is 0. The van der Waals surface area contributed by atoms with Crippen LogP contribution in [0.2, 0.25) is 0 Å². The topological polar surface area (TPSA) is 67.3 Å². The molecule has 1 N–H and O–H groups in total. The zero-order valence-electron chi connectivity index (χ0n) is 13.0. The third kappa shape index (κ3) is 4.31. The summed E-state index contributed by atoms with van der Waals surface area (Å²) < 4.78 is 0. The van der Waals surface area contributed by atoms with Crippen LogP contribution >= 0.6 is 0 Å². The largest absolute Gasteiger partial charge is 0.480 e. The zero-order chi connectivity index (χ0) is 15.4. The van der Waals surface area contributed by atoms with E-state index >= 15 is 0 Å². The monoisotopic (exact) mass is 298 g/mol. The third-order valence-electron chi connectivity index (χ3n) is 4.45. The number of urea groups is 1. The Labute approximate surface area is 126 Å². The van der Waals surface area contributed by atoms with Crippen molar-refractivity contribution in [2.24, 2.45) is 0 Å². The van der Waals surface area contributed by atoms with Crippen LogP contribution in [0.5, 0.6) is 0 Å². The standard InChI is InChI=1S/C14H26N4O3/c1-12-10-18(8-6-15(12)2)14(21)17-5-3-4-16(7-9-17)11-13(19)20/h12H,3-11H2,1-2H3,(H,19,20). The van der Waals surface area contributed by atoms with Crippen LogP contribution in [0.4, 0.5) is 4.79 Å². The van der Waals surface area contributed by atoms with Gasteiger partial charge in [-0.2, -0.15) is 0 Å². The molecule has 0 radical (unpaired) electrons. The first kappa shape index (κ1) is 16.0. The van der Waals surface area contributed by atoms with E-state index in [1.165, 1.54) is 0 Å². The molecule has 7 nitrogen and oxygen atoms in total. The number of carbonyl (C=O) groups is 2. The lowest BCUT2D eigenvalue weighted by Gasteiger charge is -2.39. The van der Waals surface area contributed by atoms with Crippen molar-refractivity contribution in [3.05, 3.63) is 0 Å². The van der Waals surface area contributed by atoms with Gasteiger partial charge in [0.1, 0.15) is 0 Å². The van der Waals surface area contributed by atoms with Crippen LogP contribution in [0.3, 0.4) is 0 Å². The highest BCUT2D eigenvalue weighted by Crippen LogP contribution is 2.12. The maximum Gasteiger partial charge on any atom is 0.320 e. The SMILES string of the molecule is CC1CN(C(=O)N2CCCN(CC(=O)O)CC2)CCN1C. The number of rotatable bonds is 2. The Morgan fingerprint density at radius 2 is 1.76 bits per heavy atom. The van der Waals surface area contributed by atoms with Crippen molar-refractivity contribution < 1.29 is 14.7 Å². The molecule has 2 heterocycles. The summed E-state index contributed by atoms with van der Waals surface area (Å²) in [5.74, 6) is -0.803. The van der Waals surface area contributed by atoms with Gasteiger partial charge < -0.3 is 19.8 Å². The summed E-state index contributed by atoms with van der Waals surface area (Å²) in [6.07, 6.45) is 0.836. The van der Waals surface area contributed by atoms with E-state index in [0.717, 1.165) is 39.1 Å². The van der Waals surface area contributed by atoms with Crippen molar-refractivity contribution in [1.29, 1.82) is 0 Å². The molecule has 2 amide bonds. The van der Waals surface area contributed by atoms with E-state index in [9.17, 15) is 9.59 Å². The highest BCUT2D eigenvalue weighted by atomic mass is 16.4. The number of carboxylic acid groups (broad SMARTS) is 1. The van der Waals surface area contributed by atoms with Gasteiger partial charge in [-0.3, -0.25) is 9.69 Å². The van der Waals surface area contributed by atoms with Gasteiger partial charge in [0, 0.05) is 51.9 Å². The van der Waals surface area contributed by atoms with Crippen LogP contribution in [0.1, 0.15) is 13.3 Å². The molecule has 1 atom stereocenters. The second-order valence-electron chi connectivity index (χ2n) is 6.07. The average Bonchev–Trinajstić information content (AvgIpc) is 2.66. The molecule has 120 valence electrons. The van der Waals surface area contributed by atoms with Gasteiger partial charge >= 0.3 is 12.0 Å². The van der Waals surface area contributed by atoms with E-state index < -0.39 is 5.97 Å². The first-order chi connectivity index (χ1) is 9.97. The van der Waals surface area contributed by atoms with Crippen molar-refractivity contribution in [1.82, 2.24) is 19.6 Å². The van der Waals surface area contributed by atoms with Gasteiger partial charge in [-0.05, 0) is 20.4 Å². The van der Waals surface area contributed by atoms with E-state index in [2.05, 4.69) is 18.9 Å². The van der Waals surface area contributed by atoms with E-state index in [0.29, 0.717) is 19.1 Å². The number of carbonyl (C=O) groups excluding carboxylic acids is 1. The summed E-state index contributed by atoms with van der Waals surface area (Å²) in [5.41, 5.74) is 0. The molecule has 0 aromatic carbocycles. The number of hydrogen-bond acceptors (Lipinski definition) is 4. The van der Waals surface area contributed by atoms with Crippen LogP contribution in [-0.4, -0.2) is 102 Å². The maximum absolute atomic E-state index is 12.6. The van der Waals surface area contributed by atoms with E-state index in [1.807, 2.05) is 14.7 Å². The molecule has 7 heteroatoms. The fraction of sp³-hybridized carbons (Fsp3) is 0.857. The Morgan fingerprint density at radius 1 is 1.05 bits per heavy atom. The summed E-state index contributed by atoms with van der Waals surface area (Å²) in [5, 5.41) is 8.86. The van der Waals surface area contributed by atoms with Crippen molar-refractivity contribution in [2.45, 2.75) is 19.4 Å². The van der Waals surface area contributed by atoms with E-state index in [1.54, 1.807) is 0 Å². The van der Waals surface area contributed by atoms with Crippen LogP contribution in [0.25, 0.3) is 0 Å². The summed E-state index contributed by atoms with van der Waals surface area (Å²) in [7, 11) is 2.09. The number of amides is 2. The van der Waals surface area contributed by atoms with Gasteiger partial charge in [0.15, 0.2) is 0 Å². The molecule has 2 aliphatic rings. The zero-order valence-corrected chi connectivity index (χ0v) is 13.0. The van der Waals surface area contributed by atoms with Gasteiger partial charge in [0.25, 0.3) is 0 Å². The predicted molar refractivity (Wildman–Crippen MR) is 79.3 cm³/mol. The molecule has 2 rings (SSSR count). The first-order valence-corrected chi connectivity index (χ1v) is 7.65. The number of likely N-dealkylation sites (N-methyl/N-ethyl adjacent to an activating group) is 1. The number of nitrogens with zero attached hydrogens (tertiary/aromatic N) is 4. The van der Waals surface area contributed by atoms with Gasteiger partial charge in [-0.1, -0.05) is 0 Å². The normalized spacial score (nSPS) is 25.7. The smallest absolute Gasteiger partial charge is 0.320 e. The highest BCUT2D eigenvalue weighted by Gasteiger charge is 2.28. The minimum Gasteiger partial charge on any atom is -0.480 e. The van der Waals surface area contributed by atoms with Crippen molar-refractivity contribution >= 4 is 12.0 Å². The van der Waals surface area contributed by atoms with Crippen LogP contribution in [-0.2, 0) is 4.79 Å². The molecule has 0 saturated carbocycles. The van der Waals surface area contributed by atoms with Gasteiger partial charge in [0.05, 0.1) is 6.54 Å². The van der Waals surface area contributed by atoms with Crippen molar-refractivity contribution in [2.75, 3.05) is 59.4 Å². The molecule has 21 heavy (non-hydrogen) atoms. The molecular formula is C14H26N4O3. The maximum atomic E-state index is 12.6. The summed E-state index contributed by atoms with van der Waals surface area (Å²) in [6, 6.07) is 0.491. The van der Waals surface area contributed by atoms with Gasteiger partial charge in [-0.15, -0.1) is 0 Å². The second kappa shape index (κ2) is 7.09. The van der Waals surface area contributed by atoms with Crippen LogP contribution < -0.4 is 0 Å². The molecule has 0 spiro atoms. The van der Waals surface area contributed by atoms with Crippen molar-refractivity contribution in [3.8, 4) is 0 Å². The molecular weight excluding hydrogens is 272 g/mol. The average molecular weight is 298 g/mol. The fourth-order valence-electron chi connectivity index (χ4n) is 2.93. The first-order valence-electron chi connectivity index (χ1n) is 7.65. The van der Waals surface area contributed by atoms with Crippen LogP contribution in [0.15, 0.2) is 0 Å². The quantitative estimate of drug-likeness (QED) is 0.767. The second-order valence-corrected chi connectivity index (χ2v) is 6.07. The van der Waals surface area contributed by atoms with Gasteiger partial charge in [0.2, 0.25) is 0 Å². The lowest BCUT2D eigenvalue weighted by atomic mass is 10.2. The number of carboxylic acids is 1.